The summed E-state index contributed by atoms with van der Waals surface area (Å²) < 4.78 is 0. The Labute approximate surface area is 137 Å². The Morgan fingerprint density at radius 2 is 1.95 bits per heavy atom. The molecule has 2 nitrogen and oxygen atoms in total. The zero-order valence-corrected chi connectivity index (χ0v) is 14.5. The summed E-state index contributed by atoms with van der Waals surface area (Å²) >= 11 is 1.79. The summed E-state index contributed by atoms with van der Waals surface area (Å²) in [6, 6.07) is 10.7. The highest BCUT2D eigenvalue weighted by molar-refractivity contribution is 7.10. The molecule has 0 amide bonds. The summed E-state index contributed by atoms with van der Waals surface area (Å²) in [5, 5.41) is 3.43. The third-order valence-corrected chi connectivity index (χ3v) is 5.01. The standard InChI is InChI=1S/C19H24N2S/c1-19(2,3)17-14-22-18(20-17)16-9-11-21(12-10-16)13-15-7-5-4-6-8-15/h4-9,14H,10-13H2,1-3H3. The predicted octanol–water partition coefficient (Wildman–Crippen LogP) is 4.73. The van der Waals surface area contributed by atoms with Gasteiger partial charge in [0.1, 0.15) is 5.01 Å². The predicted molar refractivity (Wildman–Crippen MR) is 95.1 cm³/mol. The maximum Gasteiger partial charge on any atom is 0.119 e. The summed E-state index contributed by atoms with van der Waals surface area (Å²) in [5.74, 6) is 0. The highest BCUT2D eigenvalue weighted by atomic mass is 32.1. The van der Waals surface area contributed by atoms with Gasteiger partial charge < -0.3 is 0 Å². The third-order valence-electron chi connectivity index (χ3n) is 4.09. The molecule has 22 heavy (non-hydrogen) atoms. The molecule has 2 heterocycles. The van der Waals surface area contributed by atoms with E-state index in [0.717, 1.165) is 26.1 Å². The summed E-state index contributed by atoms with van der Waals surface area (Å²) in [4.78, 5) is 7.34. The Morgan fingerprint density at radius 1 is 1.18 bits per heavy atom. The van der Waals surface area contributed by atoms with Crippen LogP contribution < -0.4 is 0 Å². The van der Waals surface area contributed by atoms with Crippen molar-refractivity contribution in [2.45, 2.75) is 39.2 Å². The fourth-order valence-electron chi connectivity index (χ4n) is 2.66. The Hall–Kier alpha value is -1.45. The van der Waals surface area contributed by atoms with Crippen LogP contribution in [0.1, 0.15) is 43.5 Å². The zero-order chi connectivity index (χ0) is 15.6. The van der Waals surface area contributed by atoms with Gasteiger partial charge in [0.15, 0.2) is 0 Å². The molecule has 2 aromatic rings. The maximum atomic E-state index is 4.85. The van der Waals surface area contributed by atoms with E-state index < -0.39 is 0 Å². The topological polar surface area (TPSA) is 16.1 Å². The van der Waals surface area contributed by atoms with Crippen LogP contribution in [0.15, 0.2) is 41.8 Å². The van der Waals surface area contributed by atoms with Crippen LogP contribution in [0.3, 0.4) is 0 Å². The van der Waals surface area contributed by atoms with Crippen LogP contribution in [0.2, 0.25) is 0 Å². The first-order chi connectivity index (χ1) is 10.5. The van der Waals surface area contributed by atoms with Crippen molar-refractivity contribution in [3.05, 3.63) is 58.1 Å². The average Bonchev–Trinajstić information content (AvgIpc) is 2.99. The summed E-state index contributed by atoms with van der Waals surface area (Å²) in [5.41, 5.74) is 4.16. The molecule has 0 spiro atoms. The lowest BCUT2D eigenvalue weighted by molar-refractivity contribution is 0.294. The van der Waals surface area contributed by atoms with E-state index in [0.29, 0.717) is 0 Å². The molecular formula is C19H24N2S. The Kier molecular flexibility index (Phi) is 4.46. The van der Waals surface area contributed by atoms with Gasteiger partial charge in [0.25, 0.3) is 0 Å². The van der Waals surface area contributed by atoms with Gasteiger partial charge in [-0.1, -0.05) is 57.2 Å². The second-order valence-electron chi connectivity index (χ2n) is 6.99. The van der Waals surface area contributed by atoms with Gasteiger partial charge in [-0.05, 0) is 17.6 Å². The van der Waals surface area contributed by atoms with Crippen LogP contribution in [0.25, 0.3) is 5.57 Å². The summed E-state index contributed by atoms with van der Waals surface area (Å²) in [6.45, 7) is 9.85. The van der Waals surface area contributed by atoms with Crippen molar-refractivity contribution in [3.8, 4) is 0 Å². The van der Waals surface area contributed by atoms with E-state index in [9.17, 15) is 0 Å². The van der Waals surface area contributed by atoms with Crippen LogP contribution in [0.5, 0.6) is 0 Å². The molecule has 3 rings (SSSR count). The highest BCUT2D eigenvalue weighted by Crippen LogP contribution is 2.30. The number of hydrogen-bond donors (Lipinski definition) is 0. The van der Waals surface area contributed by atoms with Crippen LogP contribution >= 0.6 is 11.3 Å². The van der Waals surface area contributed by atoms with Gasteiger partial charge in [-0.15, -0.1) is 11.3 Å². The first kappa shape index (κ1) is 15.4. The second kappa shape index (κ2) is 6.35. The molecule has 1 aliphatic rings. The van der Waals surface area contributed by atoms with E-state index in [1.54, 1.807) is 11.3 Å². The quantitative estimate of drug-likeness (QED) is 0.814. The smallest absolute Gasteiger partial charge is 0.119 e. The molecule has 0 radical (unpaired) electrons. The van der Waals surface area contributed by atoms with E-state index >= 15 is 0 Å². The van der Waals surface area contributed by atoms with E-state index in [2.05, 4.69) is 67.5 Å². The molecule has 0 N–H and O–H groups in total. The van der Waals surface area contributed by atoms with Crippen molar-refractivity contribution < 1.29 is 0 Å². The lowest BCUT2D eigenvalue weighted by atomic mass is 9.93. The maximum absolute atomic E-state index is 4.85. The van der Waals surface area contributed by atoms with E-state index in [4.69, 9.17) is 4.98 Å². The molecule has 116 valence electrons. The summed E-state index contributed by atoms with van der Waals surface area (Å²) in [7, 11) is 0. The Bertz CT molecular complexity index is 650. The SMILES string of the molecule is CC(C)(C)c1csc(C2=CCN(Cc3ccccc3)CC2)n1. The minimum atomic E-state index is 0.142. The lowest BCUT2D eigenvalue weighted by Crippen LogP contribution is -2.28. The van der Waals surface area contributed by atoms with E-state index in [-0.39, 0.29) is 5.41 Å². The normalized spacial score (nSPS) is 16.6. The molecule has 0 aliphatic carbocycles. The minimum absolute atomic E-state index is 0.142. The minimum Gasteiger partial charge on any atom is -0.295 e. The van der Waals surface area contributed by atoms with Crippen molar-refractivity contribution in [3.63, 3.8) is 0 Å². The Balaban J connectivity index is 1.65. The molecule has 1 aromatic heterocycles. The summed E-state index contributed by atoms with van der Waals surface area (Å²) in [6.07, 6.45) is 3.46. The van der Waals surface area contributed by atoms with Crippen molar-refractivity contribution in [1.82, 2.24) is 9.88 Å². The third kappa shape index (κ3) is 3.65. The van der Waals surface area contributed by atoms with Gasteiger partial charge in [-0.25, -0.2) is 4.98 Å². The number of nitrogens with zero attached hydrogens (tertiary/aromatic N) is 2. The van der Waals surface area contributed by atoms with Gasteiger partial charge in [-0.2, -0.15) is 0 Å². The van der Waals surface area contributed by atoms with Crippen LogP contribution in [-0.4, -0.2) is 23.0 Å². The Morgan fingerprint density at radius 3 is 2.55 bits per heavy atom. The molecular weight excluding hydrogens is 288 g/mol. The van der Waals surface area contributed by atoms with Crippen molar-refractivity contribution in [2.75, 3.05) is 13.1 Å². The van der Waals surface area contributed by atoms with Crippen molar-refractivity contribution >= 4 is 16.9 Å². The lowest BCUT2D eigenvalue weighted by Gasteiger charge is -2.25. The van der Waals surface area contributed by atoms with E-state index in [1.807, 2.05) is 0 Å². The van der Waals surface area contributed by atoms with Gasteiger partial charge in [0.05, 0.1) is 5.69 Å². The molecule has 1 aliphatic heterocycles. The molecule has 0 bridgehead atoms. The number of rotatable bonds is 3. The first-order valence-electron chi connectivity index (χ1n) is 7.94. The van der Waals surface area contributed by atoms with Gasteiger partial charge in [0.2, 0.25) is 0 Å². The fourth-order valence-corrected chi connectivity index (χ4v) is 3.77. The van der Waals surface area contributed by atoms with Crippen LogP contribution in [0, 0.1) is 0 Å². The van der Waals surface area contributed by atoms with Crippen LogP contribution in [-0.2, 0) is 12.0 Å². The number of thiazole rings is 1. The molecule has 1 aromatic carbocycles. The molecule has 0 saturated heterocycles. The van der Waals surface area contributed by atoms with Crippen molar-refractivity contribution in [2.24, 2.45) is 0 Å². The molecule has 0 saturated carbocycles. The first-order valence-corrected chi connectivity index (χ1v) is 8.82. The van der Waals surface area contributed by atoms with Gasteiger partial charge in [-0.3, -0.25) is 4.90 Å². The monoisotopic (exact) mass is 312 g/mol. The average molecular weight is 312 g/mol. The highest BCUT2D eigenvalue weighted by Gasteiger charge is 2.20. The molecule has 3 heteroatoms. The fraction of sp³-hybridized carbons (Fsp3) is 0.421. The van der Waals surface area contributed by atoms with Crippen molar-refractivity contribution in [1.29, 1.82) is 0 Å². The second-order valence-corrected chi connectivity index (χ2v) is 7.85. The molecule has 0 fully saturated rings. The number of hydrogen-bond acceptors (Lipinski definition) is 3. The van der Waals surface area contributed by atoms with Crippen LogP contribution in [0.4, 0.5) is 0 Å². The largest absolute Gasteiger partial charge is 0.295 e. The molecule has 0 unspecified atom stereocenters. The zero-order valence-electron chi connectivity index (χ0n) is 13.7. The van der Waals surface area contributed by atoms with Gasteiger partial charge in [0, 0.05) is 30.4 Å². The number of benzene rings is 1. The molecule has 0 atom stereocenters. The van der Waals surface area contributed by atoms with E-state index in [1.165, 1.54) is 21.8 Å². The van der Waals surface area contributed by atoms with Gasteiger partial charge >= 0.3 is 0 Å². The number of aromatic nitrogens is 1.